The monoisotopic (exact) mass is 426 g/mol. The van der Waals surface area contributed by atoms with Gasteiger partial charge in [0.1, 0.15) is 11.5 Å². The molecule has 31 heavy (non-hydrogen) atoms. The lowest BCUT2D eigenvalue weighted by Gasteiger charge is -2.13. The summed E-state index contributed by atoms with van der Waals surface area (Å²) < 4.78 is 44.2. The van der Waals surface area contributed by atoms with Crippen molar-refractivity contribution in [3.8, 4) is 22.6 Å². The highest BCUT2D eigenvalue weighted by molar-refractivity contribution is 5.66. The lowest BCUT2D eigenvalue weighted by atomic mass is 10.0. The Hall–Kier alpha value is -3.28. The van der Waals surface area contributed by atoms with E-state index in [4.69, 9.17) is 4.74 Å². The number of ether oxygens (including phenoxy) is 1. The molecule has 162 valence electrons. The fourth-order valence-corrected chi connectivity index (χ4v) is 2.96. The van der Waals surface area contributed by atoms with Crippen molar-refractivity contribution in [2.24, 2.45) is 4.99 Å². The molecule has 3 nitrogen and oxygen atoms in total. The van der Waals surface area contributed by atoms with E-state index in [0.29, 0.717) is 11.3 Å². The quantitative estimate of drug-likeness (QED) is 0.303. The van der Waals surface area contributed by atoms with Crippen LogP contribution < -0.4 is 4.74 Å². The van der Waals surface area contributed by atoms with Crippen molar-refractivity contribution < 1.29 is 17.9 Å². The molecule has 3 rings (SSSR count). The van der Waals surface area contributed by atoms with Crippen molar-refractivity contribution >= 4 is 12.0 Å². The topological polar surface area (TPSA) is 24.8 Å². The molecule has 0 aliphatic carbocycles. The van der Waals surface area contributed by atoms with Gasteiger partial charge in [-0.1, -0.05) is 24.3 Å². The van der Waals surface area contributed by atoms with Gasteiger partial charge in [0.15, 0.2) is 0 Å². The molecule has 0 saturated heterocycles. The lowest BCUT2D eigenvalue weighted by Crippen LogP contribution is -2.14. The summed E-state index contributed by atoms with van der Waals surface area (Å²) in [7, 11) is 1.97. The third kappa shape index (κ3) is 5.66. The third-order valence-electron chi connectivity index (χ3n) is 5.01. The number of hydrogen-bond acceptors (Lipinski definition) is 2. The maximum Gasteiger partial charge on any atom is 0.416 e. The first-order valence-electron chi connectivity index (χ1n) is 9.98. The van der Waals surface area contributed by atoms with Crippen LogP contribution >= 0.6 is 0 Å². The average Bonchev–Trinajstić information content (AvgIpc) is 2.75. The highest BCUT2D eigenvalue weighted by Gasteiger charge is 2.29. The average molecular weight is 426 g/mol. The van der Waals surface area contributed by atoms with Crippen LogP contribution in [0.25, 0.3) is 11.1 Å². The zero-order chi connectivity index (χ0) is 22.6. The minimum absolute atomic E-state index is 0.653. The Kier molecular flexibility index (Phi) is 6.68. The molecule has 0 N–H and O–H groups in total. The zero-order valence-corrected chi connectivity index (χ0v) is 18.0. The highest BCUT2D eigenvalue weighted by Crippen LogP contribution is 2.34. The zero-order valence-electron chi connectivity index (χ0n) is 18.0. The summed E-state index contributed by atoms with van der Waals surface area (Å²) in [6.45, 7) is 6.89. The second-order valence-electron chi connectivity index (χ2n) is 7.42. The molecule has 0 atom stereocenters. The van der Waals surface area contributed by atoms with Crippen LogP contribution in [0.15, 0.2) is 65.7 Å². The van der Waals surface area contributed by atoms with Crippen LogP contribution in [0, 0.1) is 13.8 Å². The maximum absolute atomic E-state index is 12.7. The molecule has 3 aromatic rings. The molecule has 0 amide bonds. The van der Waals surface area contributed by atoms with Crippen LogP contribution in [-0.4, -0.2) is 24.8 Å². The summed E-state index contributed by atoms with van der Waals surface area (Å²) in [5, 5.41) is 0. The number of halogens is 3. The first-order chi connectivity index (χ1) is 14.7. The van der Waals surface area contributed by atoms with Gasteiger partial charge in [-0.15, -0.1) is 0 Å². The van der Waals surface area contributed by atoms with Crippen molar-refractivity contribution in [2.45, 2.75) is 26.9 Å². The van der Waals surface area contributed by atoms with Crippen molar-refractivity contribution in [3.63, 3.8) is 0 Å². The van der Waals surface area contributed by atoms with Crippen LogP contribution in [0.1, 0.15) is 23.6 Å². The second kappa shape index (κ2) is 9.25. The molecule has 0 radical (unpaired) electrons. The van der Waals surface area contributed by atoms with E-state index in [2.05, 4.69) is 11.9 Å². The van der Waals surface area contributed by atoms with E-state index in [1.165, 1.54) is 12.1 Å². The van der Waals surface area contributed by atoms with Gasteiger partial charge in [0.2, 0.25) is 0 Å². The van der Waals surface area contributed by atoms with Gasteiger partial charge >= 0.3 is 6.18 Å². The summed E-state index contributed by atoms with van der Waals surface area (Å²) in [4.78, 5) is 6.52. The van der Waals surface area contributed by atoms with Gasteiger partial charge in [-0.05, 0) is 79.4 Å². The van der Waals surface area contributed by atoms with Gasteiger partial charge in [0.25, 0.3) is 0 Å². The van der Waals surface area contributed by atoms with Crippen molar-refractivity contribution in [1.82, 2.24) is 4.90 Å². The molecule has 0 saturated carbocycles. The molecule has 0 bridgehead atoms. The molecule has 3 aromatic carbocycles. The van der Waals surface area contributed by atoms with E-state index in [-0.39, 0.29) is 0 Å². The molecular weight excluding hydrogens is 401 g/mol. The maximum atomic E-state index is 12.7. The van der Waals surface area contributed by atoms with Gasteiger partial charge in [-0.2, -0.15) is 13.2 Å². The fraction of sp³-hybridized carbons (Fsp3) is 0.240. The van der Waals surface area contributed by atoms with E-state index in [0.717, 1.165) is 46.8 Å². The van der Waals surface area contributed by atoms with Crippen LogP contribution in [-0.2, 0) is 6.18 Å². The van der Waals surface area contributed by atoms with Gasteiger partial charge in [0, 0.05) is 13.6 Å². The largest absolute Gasteiger partial charge is 0.457 e. The minimum Gasteiger partial charge on any atom is -0.457 e. The number of aliphatic imine (C=N–C) groups is 1. The van der Waals surface area contributed by atoms with Gasteiger partial charge in [-0.25, -0.2) is 4.99 Å². The first-order valence-corrected chi connectivity index (χ1v) is 9.98. The number of hydrogen-bond donors (Lipinski definition) is 0. The van der Waals surface area contributed by atoms with Crippen LogP contribution in [0.2, 0.25) is 0 Å². The predicted octanol–water partition coefficient (Wildman–Crippen LogP) is 7.39. The molecule has 0 unspecified atom stereocenters. The Morgan fingerprint density at radius 1 is 0.903 bits per heavy atom. The molecule has 0 fully saturated rings. The Morgan fingerprint density at radius 2 is 1.48 bits per heavy atom. The SMILES string of the molecule is CCN(C)C=Nc1cc(C)c(Oc2ccc(-c3ccc(C(F)(F)F)cc3)cc2)cc1C. The van der Waals surface area contributed by atoms with E-state index >= 15 is 0 Å². The van der Waals surface area contributed by atoms with Crippen molar-refractivity contribution in [3.05, 3.63) is 77.4 Å². The Morgan fingerprint density at radius 3 is 2.03 bits per heavy atom. The van der Waals surface area contributed by atoms with Crippen LogP contribution in [0.5, 0.6) is 11.5 Å². The molecule has 0 spiro atoms. The number of alkyl halides is 3. The number of rotatable bonds is 6. The van der Waals surface area contributed by atoms with Crippen LogP contribution in [0.4, 0.5) is 18.9 Å². The molecule has 0 heterocycles. The molecule has 0 aromatic heterocycles. The molecule has 6 heteroatoms. The van der Waals surface area contributed by atoms with E-state index in [1.807, 2.05) is 68.5 Å². The number of nitrogens with zero attached hydrogens (tertiary/aromatic N) is 2. The Balaban J connectivity index is 1.75. The minimum atomic E-state index is -4.33. The van der Waals surface area contributed by atoms with E-state index in [1.54, 1.807) is 0 Å². The number of aryl methyl sites for hydroxylation is 2. The van der Waals surface area contributed by atoms with Crippen LogP contribution in [0.3, 0.4) is 0 Å². The number of benzene rings is 3. The van der Waals surface area contributed by atoms with Gasteiger partial charge in [-0.3, -0.25) is 0 Å². The standard InChI is InChI=1S/C25H25F3N2O/c1-5-30(4)16-29-23-14-18(3)24(15-17(23)2)31-22-12-8-20(9-13-22)19-6-10-21(11-7-19)25(26,27)28/h6-16H,5H2,1-4H3. The summed E-state index contributed by atoms with van der Waals surface area (Å²) in [6.07, 6.45) is -2.53. The fourth-order valence-electron chi connectivity index (χ4n) is 2.96. The highest BCUT2D eigenvalue weighted by atomic mass is 19.4. The lowest BCUT2D eigenvalue weighted by molar-refractivity contribution is -0.137. The van der Waals surface area contributed by atoms with Crippen molar-refractivity contribution in [2.75, 3.05) is 13.6 Å². The molecule has 0 aliphatic heterocycles. The summed E-state index contributed by atoms with van der Waals surface area (Å²) in [5.74, 6) is 1.39. The summed E-state index contributed by atoms with van der Waals surface area (Å²) in [6, 6.07) is 16.4. The Labute approximate surface area is 180 Å². The van der Waals surface area contributed by atoms with Gasteiger partial charge in [0.05, 0.1) is 17.6 Å². The second-order valence-corrected chi connectivity index (χ2v) is 7.42. The summed E-state index contributed by atoms with van der Waals surface area (Å²) in [5.41, 5.74) is 3.73. The van der Waals surface area contributed by atoms with E-state index < -0.39 is 11.7 Å². The third-order valence-corrected chi connectivity index (χ3v) is 5.01. The predicted molar refractivity (Wildman–Crippen MR) is 119 cm³/mol. The van der Waals surface area contributed by atoms with Gasteiger partial charge < -0.3 is 9.64 Å². The smallest absolute Gasteiger partial charge is 0.416 e. The molecular formula is C25H25F3N2O. The molecule has 0 aliphatic rings. The van der Waals surface area contributed by atoms with E-state index in [9.17, 15) is 13.2 Å². The first kappa shape index (κ1) is 22.4. The summed E-state index contributed by atoms with van der Waals surface area (Å²) >= 11 is 0. The normalized spacial score (nSPS) is 11.7. The van der Waals surface area contributed by atoms with Crippen molar-refractivity contribution in [1.29, 1.82) is 0 Å². The Bertz CT molecular complexity index is 1060.